The Morgan fingerprint density at radius 1 is 1.11 bits per heavy atom. The van der Waals surface area contributed by atoms with Crippen LogP contribution in [0.5, 0.6) is 17.2 Å². The van der Waals surface area contributed by atoms with Crippen LogP contribution < -0.4 is 19.5 Å². The van der Waals surface area contributed by atoms with E-state index in [0.29, 0.717) is 40.4 Å². The highest BCUT2D eigenvalue weighted by Crippen LogP contribution is 2.33. The Morgan fingerprint density at radius 2 is 1.78 bits per heavy atom. The molecular formula is C20H23BrClNO4. The highest BCUT2D eigenvalue weighted by molar-refractivity contribution is 9.10. The molecule has 146 valence electrons. The monoisotopic (exact) mass is 455 g/mol. The molecule has 2 rings (SSSR count). The first-order chi connectivity index (χ1) is 12.8. The van der Waals surface area contributed by atoms with Crippen molar-refractivity contribution in [2.24, 2.45) is 5.92 Å². The lowest BCUT2D eigenvalue weighted by molar-refractivity contribution is 0.0950. The highest BCUT2D eigenvalue weighted by atomic mass is 79.9. The van der Waals surface area contributed by atoms with Gasteiger partial charge in [0, 0.05) is 23.2 Å². The normalized spacial score (nSPS) is 10.6. The highest BCUT2D eigenvalue weighted by Gasteiger charge is 2.13. The van der Waals surface area contributed by atoms with Crippen molar-refractivity contribution < 1.29 is 19.0 Å². The second-order valence-corrected chi connectivity index (χ2v) is 7.59. The number of amides is 1. The van der Waals surface area contributed by atoms with Crippen LogP contribution in [0.15, 0.2) is 34.8 Å². The van der Waals surface area contributed by atoms with Gasteiger partial charge in [-0.05, 0) is 51.7 Å². The summed E-state index contributed by atoms with van der Waals surface area (Å²) in [6, 6.07) is 8.66. The fourth-order valence-electron chi connectivity index (χ4n) is 2.32. The summed E-state index contributed by atoms with van der Waals surface area (Å²) in [7, 11) is 3.09. The summed E-state index contributed by atoms with van der Waals surface area (Å²) in [5, 5.41) is 3.35. The largest absolute Gasteiger partial charge is 0.493 e. The van der Waals surface area contributed by atoms with E-state index in [1.165, 1.54) is 0 Å². The summed E-state index contributed by atoms with van der Waals surface area (Å²) in [4.78, 5) is 12.5. The predicted molar refractivity (Wildman–Crippen MR) is 110 cm³/mol. The van der Waals surface area contributed by atoms with Crippen molar-refractivity contribution in [3.05, 3.63) is 51.0 Å². The van der Waals surface area contributed by atoms with Gasteiger partial charge in [0.1, 0.15) is 5.75 Å². The van der Waals surface area contributed by atoms with Crippen LogP contribution in [0.1, 0.15) is 29.8 Å². The fraction of sp³-hybridized carbons (Fsp3) is 0.350. The third-order valence-electron chi connectivity index (χ3n) is 3.76. The molecule has 0 atom stereocenters. The standard InChI is InChI=1S/C20H23BrClNO4/c1-12(2)11-27-17-6-5-13(7-15(17)21)20(24)23-10-14-8-18(25-3)19(26-4)9-16(14)22/h5-9,12H,10-11H2,1-4H3,(H,23,24). The van der Waals surface area contributed by atoms with E-state index >= 15 is 0 Å². The number of nitrogens with one attached hydrogen (secondary N) is 1. The number of benzene rings is 2. The zero-order valence-electron chi connectivity index (χ0n) is 15.8. The van der Waals surface area contributed by atoms with Gasteiger partial charge in [0.2, 0.25) is 0 Å². The smallest absolute Gasteiger partial charge is 0.251 e. The van der Waals surface area contributed by atoms with E-state index in [9.17, 15) is 4.79 Å². The van der Waals surface area contributed by atoms with Gasteiger partial charge in [-0.2, -0.15) is 0 Å². The van der Waals surface area contributed by atoms with Gasteiger partial charge in [0.25, 0.3) is 5.91 Å². The van der Waals surface area contributed by atoms with Gasteiger partial charge in [-0.15, -0.1) is 0 Å². The molecule has 0 aromatic heterocycles. The zero-order chi connectivity index (χ0) is 20.0. The van der Waals surface area contributed by atoms with Crippen LogP contribution in [0.2, 0.25) is 5.02 Å². The van der Waals surface area contributed by atoms with E-state index in [2.05, 4.69) is 35.1 Å². The second-order valence-electron chi connectivity index (χ2n) is 6.33. The number of halogens is 2. The van der Waals surface area contributed by atoms with Gasteiger partial charge in [0.15, 0.2) is 11.5 Å². The Kier molecular flexibility index (Phi) is 7.80. The molecule has 0 saturated carbocycles. The summed E-state index contributed by atoms with van der Waals surface area (Å²) in [6.07, 6.45) is 0. The van der Waals surface area contributed by atoms with Crippen molar-refractivity contribution in [2.75, 3.05) is 20.8 Å². The molecule has 0 unspecified atom stereocenters. The van der Waals surface area contributed by atoms with Crippen LogP contribution in [0.25, 0.3) is 0 Å². The first kappa shape index (κ1) is 21.4. The van der Waals surface area contributed by atoms with E-state index in [4.69, 9.17) is 25.8 Å². The molecule has 0 bridgehead atoms. The van der Waals surface area contributed by atoms with Crippen LogP contribution in [0.3, 0.4) is 0 Å². The molecule has 7 heteroatoms. The molecule has 0 aliphatic heterocycles. The molecule has 0 saturated heterocycles. The lowest BCUT2D eigenvalue weighted by Gasteiger charge is -2.13. The quantitative estimate of drug-likeness (QED) is 0.601. The number of hydrogen-bond acceptors (Lipinski definition) is 4. The number of rotatable bonds is 8. The summed E-state index contributed by atoms with van der Waals surface area (Å²) in [6.45, 7) is 5.03. The SMILES string of the molecule is COc1cc(Cl)c(CNC(=O)c2ccc(OCC(C)C)c(Br)c2)cc1OC. The third kappa shape index (κ3) is 5.78. The van der Waals surface area contributed by atoms with Crippen LogP contribution in [0.4, 0.5) is 0 Å². The molecule has 1 N–H and O–H groups in total. The number of hydrogen-bond donors (Lipinski definition) is 1. The molecule has 0 heterocycles. The van der Waals surface area contributed by atoms with E-state index in [-0.39, 0.29) is 12.5 Å². The minimum absolute atomic E-state index is 0.211. The molecular weight excluding hydrogens is 434 g/mol. The van der Waals surface area contributed by atoms with E-state index < -0.39 is 0 Å². The molecule has 1 amide bonds. The summed E-state index contributed by atoms with van der Waals surface area (Å²) in [5.41, 5.74) is 1.26. The molecule has 27 heavy (non-hydrogen) atoms. The van der Waals surface area contributed by atoms with Gasteiger partial charge < -0.3 is 19.5 Å². The predicted octanol–water partition coefficient (Wildman–Crippen LogP) is 5.08. The second kappa shape index (κ2) is 9.85. The number of carbonyl (C=O) groups excluding carboxylic acids is 1. The molecule has 0 aliphatic rings. The summed E-state index contributed by atoms with van der Waals surface area (Å²) < 4.78 is 16.9. The van der Waals surface area contributed by atoms with Crippen LogP contribution >= 0.6 is 27.5 Å². The van der Waals surface area contributed by atoms with Crippen molar-refractivity contribution in [1.29, 1.82) is 0 Å². The topological polar surface area (TPSA) is 56.8 Å². The van der Waals surface area contributed by atoms with Gasteiger partial charge >= 0.3 is 0 Å². The van der Waals surface area contributed by atoms with Crippen LogP contribution in [0, 0.1) is 5.92 Å². The maximum absolute atomic E-state index is 12.5. The third-order valence-corrected chi connectivity index (χ3v) is 4.73. The van der Waals surface area contributed by atoms with Gasteiger partial charge in [-0.25, -0.2) is 0 Å². The summed E-state index contributed by atoms with van der Waals surface area (Å²) in [5.74, 6) is 2.02. The number of ether oxygens (including phenoxy) is 3. The molecule has 5 nitrogen and oxygen atoms in total. The maximum Gasteiger partial charge on any atom is 0.251 e. The Hall–Kier alpha value is -1.92. The van der Waals surface area contributed by atoms with E-state index in [0.717, 1.165) is 10.0 Å². The van der Waals surface area contributed by atoms with Crippen LogP contribution in [-0.2, 0) is 6.54 Å². The van der Waals surface area contributed by atoms with E-state index in [1.54, 1.807) is 44.6 Å². The number of methoxy groups -OCH3 is 2. The Morgan fingerprint density at radius 3 is 2.37 bits per heavy atom. The van der Waals surface area contributed by atoms with Crippen molar-refractivity contribution >= 4 is 33.4 Å². The van der Waals surface area contributed by atoms with Gasteiger partial charge in [0.05, 0.1) is 25.3 Å². The molecule has 0 spiro atoms. The lowest BCUT2D eigenvalue weighted by atomic mass is 10.1. The Balaban J connectivity index is 2.06. The summed E-state index contributed by atoms with van der Waals surface area (Å²) >= 11 is 9.71. The van der Waals surface area contributed by atoms with Crippen LogP contribution in [-0.4, -0.2) is 26.7 Å². The first-order valence-electron chi connectivity index (χ1n) is 8.46. The Bertz CT molecular complexity index is 811. The minimum atomic E-state index is -0.211. The minimum Gasteiger partial charge on any atom is -0.493 e. The zero-order valence-corrected chi connectivity index (χ0v) is 18.1. The van der Waals surface area contributed by atoms with Gasteiger partial charge in [-0.3, -0.25) is 4.79 Å². The maximum atomic E-state index is 12.5. The first-order valence-corrected chi connectivity index (χ1v) is 9.63. The molecule has 2 aromatic carbocycles. The van der Waals surface area contributed by atoms with Crippen molar-refractivity contribution in [2.45, 2.75) is 20.4 Å². The number of carbonyl (C=O) groups is 1. The molecule has 0 aliphatic carbocycles. The molecule has 2 aromatic rings. The van der Waals surface area contributed by atoms with E-state index in [1.807, 2.05) is 0 Å². The van der Waals surface area contributed by atoms with Crippen molar-refractivity contribution in [1.82, 2.24) is 5.32 Å². The fourth-order valence-corrected chi connectivity index (χ4v) is 3.04. The van der Waals surface area contributed by atoms with Gasteiger partial charge in [-0.1, -0.05) is 25.4 Å². The molecule has 0 radical (unpaired) electrons. The Labute approximate surface area is 173 Å². The lowest BCUT2D eigenvalue weighted by Crippen LogP contribution is -2.23. The average Bonchev–Trinajstić information content (AvgIpc) is 2.65. The van der Waals surface area contributed by atoms with Crippen molar-refractivity contribution in [3.63, 3.8) is 0 Å². The molecule has 0 fully saturated rings. The average molecular weight is 457 g/mol. The van der Waals surface area contributed by atoms with Crippen molar-refractivity contribution in [3.8, 4) is 17.2 Å².